The zero-order chi connectivity index (χ0) is 20.4. The first-order valence-corrected chi connectivity index (χ1v) is 11.4. The summed E-state index contributed by atoms with van der Waals surface area (Å²) in [7, 11) is 0. The van der Waals surface area contributed by atoms with Crippen LogP contribution in [-0.4, -0.2) is 48.0 Å². The van der Waals surface area contributed by atoms with Gasteiger partial charge in [-0.05, 0) is 83.2 Å². The molecule has 0 unspecified atom stereocenters. The van der Waals surface area contributed by atoms with Crippen molar-refractivity contribution in [1.29, 1.82) is 0 Å². The molecule has 29 heavy (non-hydrogen) atoms. The second kappa shape index (κ2) is 8.79. The summed E-state index contributed by atoms with van der Waals surface area (Å²) in [5, 5.41) is 10.3. The standard InChI is InChI=1S/C25H37NO3/c1-18-7-10-20-15-23(18)24(29-25(20,2)3)19-8-11-22(12-9-19)28-17-21(27)16-26-13-5-4-6-14-26/h7-9,11-12,20-21,23-24,27H,4-6,10,13-17H2,1-3H3/t20-,21+,23-,24+/m1/s1. The number of hydrogen-bond donors (Lipinski definition) is 1. The van der Waals surface area contributed by atoms with E-state index >= 15 is 0 Å². The van der Waals surface area contributed by atoms with Gasteiger partial charge in [0, 0.05) is 12.5 Å². The van der Waals surface area contributed by atoms with E-state index in [-0.39, 0.29) is 11.7 Å². The van der Waals surface area contributed by atoms with Crippen molar-refractivity contribution in [3.05, 3.63) is 41.5 Å². The highest BCUT2D eigenvalue weighted by molar-refractivity contribution is 5.31. The zero-order valence-corrected chi connectivity index (χ0v) is 18.3. The topological polar surface area (TPSA) is 41.9 Å². The number of ether oxygens (including phenoxy) is 2. The van der Waals surface area contributed by atoms with E-state index in [9.17, 15) is 5.11 Å². The van der Waals surface area contributed by atoms with Crippen molar-refractivity contribution in [2.24, 2.45) is 11.8 Å². The molecule has 3 aliphatic rings. The van der Waals surface area contributed by atoms with Gasteiger partial charge < -0.3 is 19.5 Å². The van der Waals surface area contributed by atoms with Crippen LogP contribution in [0.25, 0.3) is 0 Å². The van der Waals surface area contributed by atoms with E-state index in [1.54, 1.807) is 0 Å². The average Bonchev–Trinajstić information content (AvgIpc) is 2.72. The molecule has 4 heteroatoms. The summed E-state index contributed by atoms with van der Waals surface area (Å²) in [6.45, 7) is 9.95. The van der Waals surface area contributed by atoms with Crippen molar-refractivity contribution in [3.63, 3.8) is 0 Å². The van der Waals surface area contributed by atoms with Gasteiger partial charge in [-0.1, -0.05) is 30.2 Å². The highest BCUT2D eigenvalue weighted by Crippen LogP contribution is 2.50. The normalized spacial score (nSPS) is 30.5. The van der Waals surface area contributed by atoms with Gasteiger partial charge in [-0.3, -0.25) is 0 Å². The molecule has 1 aromatic rings. The SMILES string of the molecule is CC1=CC[C@@H]2C[C@H]1[C@H](c1ccc(OC[C@@H](O)CN3CCCCC3)cc1)OC2(C)C. The number of aliphatic hydroxyl groups is 1. The molecule has 4 atom stereocenters. The van der Waals surface area contributed by atoms with Gasteiger partial charge in [-0.2, -0.15) is 0 Å². The third kappa shape index (κ3) is 4.87. The van der Waals surface area contributed by atoms with Crippen LogP contribution in [0.1, 0.15) is 64.5 Å². The number of rotatable bonds is 6. The molecule has 1 N–H and O–H groups in total. The van der Waals surface area contributed by atoms with Crippen LogP contribution >= 0.6 is 0 Å². The van der Waals surface area contributed by atoms with E-state index in [1.807, 2.05) is 12.1 Å². The molecule has 2 fully saturated rings. The van der Waals surface area contributed by atoms with E-state index in [4.69, 9.17) is 9.47 Å². The number of likely N-dealkylation sites (tertiary alicyclic amines) is 1. The Morgan fingerprint density at radius 2 is 1.90 bits per heavy atom. The van der Waals surface area contributed by atoms with Crippen molar-refractivity contribution in [3.8, 4) is 5.75 Å². The Labute approximate surface area is 175 Å². The molecular weight excluding hydrogens is 362 g/mol. The van der Waals surface area contributed by atoms with Crippen LogP contribution in [0.15, 0.2) is 35.9 Å². The summed E-state index contributed by atoms with van der Waals surface area (Å²) in [4.78, 5) is 2.34. The van der Waals surface area contributed by atoms with Gasteiger partial charge >= 0.3 is 0 Å². The van der Waals surface area contributed by atoms with Gasteiger partial charge in [-0.15, -0.1) is 0 Å². The maximum absolute atomic E-state index is 10.3. The van der Waals surface area contributed by atoms with Crippen molar-refractivity contribution >= 4 is 0 Å². The lowest BCUT2D eigenvalue weighted by Crippen LogP contribution is -2.45. The minimum atomic E-state index is -0.442. The van der Waals surface area contributed by atoms with Crippen LogP contribution in [0.5, 0.6) is 5.75 Å². The van der Waals surface area contributed by atoms with E-state index < -0.39 is 6.10 Å². The average molecular weight is 400 g/mol. The lowest BCUT2D eigenvalue weighted by molar-refractivity contribution is -0.166. The molecule has 4 nitrogen and oxygen atoms in total. The van der Waals surface area contributed by atoms with Gasteiger partial charge in [0.05, 0.1) is 11.7 Å². The number of fused-ring (bicyclic) bond motifs is 2. The fourth-order valence-electron chi connectivity index (χ4n) is 5.24. The fourth-order valence-corrected chi connectivity index (χ4v) is 5.24. The van der Waals surface area contributed by atoms with Crippen LogP contribution in [0.3, 0.4) is 0 Å². The van der Waals surface area contributed by atoms with E-state index in [2.05, 4.69) is 43.9 Å². The van der Waals surface area contributed by atoms with Crippen LogP contribution in [0, 0.1) is 11.8 Å². The molecule has 160 valence electrons. The monoisotopic (exact) mass is 399 g/mol. The fraction of sp³-hybridized carbons (Fsp3) is 0.680. The Hall–Kier alpha value is -1.36. The lowest BCUT2D eigenvalue weighted by atomic mass is 9.69. The third-order valence-electron chi connectivity index (χ3n) is 7.20. The number of β-amino-alcohol motifs (C(OH)–C–C–N with tert-alkyl or cyclic N) is 1. The maximum Gasteiger partial charge on any atom is 0.119 e. The minimum Gasteiger partial charge on any atom is -0.491 e. The molecule has 0 radical (unpaired) electrons. The van der Waals surface area contributed by atoms with Gasteiger partial charge in [0.25, 0.3) is 0 Å². The number of piperidine rings is 1. The van der Waals surface area contributed by atoms with Crippen LogP contribution in [0.4, 0.5) is 0 Å². The Morgan fingerprint density at radius 3 is 2.62 bits per heavy atom. The summed E-state index contributed by atoms with van der Waals surface area (Å²) in [6.07, 6.45) is 8.22. The first-order valence-electron chi connectivity index (χ1n) is 11.4. The highest BCUT2D eigenvalue weighted by atomic mass is 16.5. The Balaban J connectivity index is 1.35. The molecule has 0 saturated carbocycles. The number of aliphatic hydroxyl groups excluding tert-OH is 1. The molecule has 0 aromatic heterocycles. The number of hydrogen-bond acceptors (Lipinski definition) is 4. The largest absolute Gasteiger partial charge is 0.491 e. The summed E-state index contributed by atoms with van der Waals surface area (Å²) < 4.78 is 12.5. The minimum absolute atomic E-state index is 0.0912. The Bertz CT molecular complexity index is 705. The first-order chi connectivity index (χ1) is 13.9. The van der Waals surface area contributed by atoms with Crippen LogP contribution in [0.2, 0.25) is 0 Å². The Morgan fingerprint density at radius 1 is 1.17 bits per heavy atom. The summed E-state index contributed by atoms with van der Waals surface area (Å²) >= 11 is 0. The molecule has 1 aliphatic carbocycles. The maximum atomic E-state index is 10.3. The molecule has 2 heterocycles. The second-order valence-corrected chi connectivity index (χ2v) is 9.76. The molecule has 0 spiro atoms. The summed E-state index contributed by atoms with van der Waals surface area (Å²) in [5.41, 5.74) is 2.59. The third-order valence-corrected chi connectivity index (χ3v) is 7.20. The van der Waals surface area contributed by atoms with Gasteiger partial charge in [0.2, 0.25) is 0 Å². The Kier molecular flexibility index (Phi) is 6.33. The van der Waals surface area contributed by atoms with Crippen molar-refractivity contribution in [2.45, 2.75) is 70.7 Å². The molecular formula is C25H37NO3. The molecule has 2 aliphatic heterocycles. The van der Waals surface area contributed by atoms with Crippen molar-refractivity contribution in [2.75, 3.05) is 26.2 Å². The second-order valence-electron chi connectivity index (χ2n) is 9.76. The first kappa shape index (κ1) is 20.9. The zero-order valence-electron chi connectivity index (χ0n) is 18.3. The summed E-state index contributed by atoms with van der Waals surface area (Å²) in [6, 6.07) is 8.31. The number of allylic oxidation sites excluding steroid dienone is 1. The van der Waals surface area contributed by atoms with Crippen LogP contribution in [-0.2, 0) is 4.74 Å². The van der Waals surface area contributed by atoms with Gasteiger partial charge in [-0.25, -0.2) is 0 Å². The van der Waals surface area contributed by atoms with Gasteiger partial charge in [0.1, 0.15) is 18.5 Å². The molecule has 4 rings (SSSR count). The number of benzene rings is 1. The van der Waals surface area contributed by atoms with E-state index in [0.717, 1.165) is 25.3 Å². The quantitative estimate of drug-likeness (QED) is 0.702. The number of nitrogens with zero attached hydrogens (tertiary/aromatic N) is 1. The van der Waals surface area contributed by atoms with Gasteiger partial charge in [0.15, 0.2) is 0 Å². The smallest absolute Gasteiger partial charge is 0.119 e. The van der Waals surface area contributed by atoms with E-state index in [0.29, 0.717) is 25.0 Å². The van der Waals surface area contributed by atoms with Crippen LogP contribution < -0.4 is 4.74 Å². The highest BCUT2D eigenvalue weighted by Gasteiger charge is 2.45. The van der Waals surface area contributed by atoms with Crippen molar-refractivity contribution in [1.82, 2.24) is 4.90 Å². The summed E-state index contributed by atoms with van der Waals surface area (Å²) in [5.74, 6) is 1.90. The molecule has 2 saturated heterocycles. The van der Waals surface area contributed by atoms with E-state index in [1.165, 1.54) is 36.8 Å². The predicted molar refractivity (Wildman–Crippen MR) is 116 cm³/mol. The molecule has 2 bridgehead atoms. The molecule has 0 amide bonds. The molecule has 1 aromatic carbocycles. The predicted octanol–water partition coefficient (Wildman–Crippen LogP) is 4.73. The lowest BCUT2D eigenvalue weighted by Gasteiger charge is -2.49. The van der Waals surface area contributed by atoms with Crippen molar-refractivity contribution < 1.29 is 14.6 Å².